The summed E-state index contributed by atoms with van der Waals surface area (Å²) in [6.07, 6.45) is 7.80. The minimum atomic E-state index is -2.05. The van der Waals surface area contributed by atoms with Gasteiger partial charge in [0.05, 0.1) is 5.76 Å². The molecule has 3 aromatic carbocycles. The molecule has 0 saturated heterocycles. The molecule has 46 heavy (non-hydrogen) atoms. The summed E-state index contributed by atoms with van der Waals surface area (Å²) in [5.41, 5.74) is 3.42. The smallest absolute Gasteiger partial charge is 0.162 e. The first-order valence-corrected chi connectivity index (χ1v) is 24.1. The zero-order valence-corrected chi connectivity index (χ0v) is 33.9. The first-order valence-electron chi connectivity index (χ1n) is 16.8. The van der Waals surface area contributed by atoms with Crippen molar-refractivity contribution in [3.63, 3.8) is 0 Å². The number of ether oxygens (including phenoxy) is 1. The van der Waals surface area contributed by atoms with Crippen molar-refractivity contribution in [1.82, 2.24) is 4.98 Å². The minimum absolute atomic E-state index is 0. The van der Waals surface area contributed by atoms with Gasteiger partial charge in [0.1, 0.15) is 0 Å². The van der Waals surface area contributed by atoms with E-state index in [4.69, 9.17) is 9.72 Å². The van der Waals surface area contributed by atoms with E-state index in [1.807, 2.05) is 33.9 Å². The normalized spacial score (nSPS) is 12.8. The Morgan fingerprint density at radius 1 is 0.935 bits per heavy atom. The molecule has 6 heteroatoms. The van der Waals surface area contributed by atoms with Crippen LogP contribution in [0.1, 0.15) is 79.7 Å². The third-order valence-electron chi connectivity index (χ3n) is 8.95. The summed E-state index contributed by atoms with van der Waals surface area (Å²) in [5.74, 6) is 9.73. The second-order valence-corrected chi connectivity index (χ2v) is 25.2. The summed E-state index contributed by atoms with van der Waals surface area (Å²) < 4.78 is 8.15. The van der Waals surface area contributed by atoms with Crippen LogP contribution in [0.25, 0.3) is 32.8 Å². The minimum Gasteiger partial charge on any atom is -0.512 e. The Morgan fingerprint density at radius 2 is 1.57 bits per heavy atom. The van der Waals surface area contributed by atoms with Gasteiger partial charge in [0.25, 0.3) is 0 Å². The van der Waals surface area contributed by atoms with Gasteiger partial charge in [-0.2, -0.15) is 0 Å². The SMILES string of the molecule is CC(C)(C)Cc1c2c([c-]c3ccccc13)-c1nccc3[c]([Ge]([CH3])([CH3])[CH3])ccc(c13)O2.CCC(CC)C(=O)/C=C(\O)C(CC)CC.[Ir]. The molecule has 0 fully saturated rings. The number of pyridine rings is 1. The molecule has 1 radical (unpaired) electrons. The van der Waals surface area contributed by atoms with Crippen LogP contribution >= 0.6 is 0 Å². The van der Waals surface area contributed by atoms with Gasteiger partial charge >= 0.3 is 182 Å². The largest absolute Gasteiger partial charge is 0.512 e. The van der Waals surface area contributed by atoms with Crippen LogP contribution < -0.4 is 9.13 Å². The third kappa shape index (κ3) is 8.32. The Labute approximate surface area is 293 Å². The summed E-state index contributed by atoms with van der Waals surface area (Å²) in [6.45, 7) is 14.9. The van der Waals surface area contributed by atoms with E-state index in [0.29, 0.717) is 0 Å². The number of carbonyl (C=O) groups excluding carboxylic acids is 1. The van der Waals surface area contributed by atoms with E-state index in [1.165, 1.54) is 26.8 Å². The Hall–Kier alpha value is -2.47. The topological polar surface area (TPSA) is 59.4 Å². The van der Waals surface area contributed by atoms with E-state index >= 15 is 0 Å². The van der Waals surface area contributed by atoms with Crippen molar-refractivity contribution in [3.8, 4) is 22.8 Å². The molecule has 5 rings (SSSR count). The number of benzene rings is 3. The quantitative estimate of drug-likeness (QED) is 0.0694. The molecule has 0 unspecified atom stereocenters. The van der Waals surface area contributed by atoms with Crippen LogP contribution in [0.15, 0.2) is 60.5 Å². The number of carbonyl (C=O) groups is 1. The van der Waals surface area contributed by atoms with Crippen molar-refractivity contribution in [2.45, 2.75) is 97.8 Å². The number of aromatic nitrogens is 1. The standard InChI is InChI=1S/C27H28GeNO.C13H24O2.Ir/c1-27(2,3)16-21-18-10-8-7-9-17(18)15-20-25-24-19(13-14-29-25)22(28(4,5)6)11-12-23(24)30-26(20)21;1-5-10(6-2)12(14)9-13(15)11(7-3)8-4;/h7-14H,16H2,1-6H3;9-11,14H,5-8H2,1-4H3;/q-1;;/b;12-9-;. The second kappa shape index (κ2) is 15.6. The Balaban J connectivity index is 0.000000309. The van der Waals surface area contributed by atoms with E-state index in [-0.39, 0.29) is 48.9 Å². The van der Waals surface area contributed by atoms with Crippen molar-refractivity contribution >= 4 is 45.0 Å². The molecular formula is C40H52GeIrNO3-. The fourth-order valence-electron chi connectivity index (χ4n) is 6.39. The Kier molecular flexibility index (Phi) is 12.9. The Bertz CT molecular complexity index is 1710. The van der Waals surface area contributed by atoms with Gasteiger partial charge in [0, 0.05) is 38.0 Å². The summed E-state index contributed by atoms with van der Waals surface area (Å²) in [5, 5.41) is 14.6. The number of hydrogen-bond acceptors (Lipinski definition) is 4. The summed E-state index contributed by atoms with van der Waals surface area (Å²) in [6, 6.07) is 18.8. The molecule has 249 valence electrons. The van der Waals surface area contributed by atoms with Gasteiger partial charge in [-0.25, -0.2) is 0 Å². The van der Waals surface area contributed by atoms with Gasteiger partial charge in [-0.3, -0.25) is 4.79 Å². The first kappa shape index (κ1) is 38.0. The van der Waals surface area contributed by atoms with Gasteiger partial charge in [-0.05, 0) is 25.7 Å². The van der Waals surface area contributed by atoms with Crippen LogP contribution in [-0.2, 0) is 31.3 Å². The van der Waals surface area contributed by atoms with E-state index < -0.39 is 13.3 Å². The van der Waals surface area contributed by atoms with E-state index in [0.717, 1.165) is 65.6 Å². The van der Waals surface area contributed by atoms with Gasteiger partial charge in [0.2, 0.25) is 0 Å². The van der Waals surface area contributed by atoms with Gasteiger partial charge in [-0.15, -0.1) is 0 Å². The number of ketones is 1. The molecule has 0 bridgehead atoms. The molecule has 1 N–H and O–H groups in total. The van der Waals surface area contributed by atoms with Crippen LogP contribution in [0.2, 0.25) is 17.3 Å². The number of nitrogens with zero attached hydrogens (tertiary/aromatic N) is 1. The Morgan fingerprint density at radius 3 is 2.15 bits per heavy atom. The summed E-state index contributed by atoms with van der Waals surface area (Å²) >= 11 is -2.05. The van der Waals surface area contributed by atoms with Crippen LogP contribution in [0.5, 0.6) is 11.5 Å². The molecule has 4 nitrogen and oxygen atoms in total. The summed E-state index contributed by atoms with van der Waals surface area (Å²) in [7, 11) is 0. The predicted molar refractivity (Wildman–Crippen MR) is 194 cm³/mol. The zero-order valence-electron chi connectivity index (χ0n) is 29.4. The second-order valence-electron chi connectivity index (χ2n) is 14.6. The zero-order chi connectivity index (χ0) is 33.1. The first-order chi connectivity index (χ1) is 21.2. The molecule has 0 aliphatic carbocycles. The molecule has 0 amide bonds. The number of allylic oxidation sites excluding steroid dienone is 2. The molecule has 1 aliphatic rings. The van der Waals surface area contributed by atoms with Crippen LogP contribution in [0.4, 0.5) is 0 Å². The van der Waals surface area contributed by atoms with Crippen molar-refractivity contribution in [3.05, 3.63) is 72.1 Å². The fourth-order valence-corrected chi connectivity index (χ4v) is 9.75. The number of aliphatic hydroxyl groups excluding tert-OH is 1. The van der Waals surface area contributed by atoms with Crippen LogP contribution in [0, 0.1) is 23.3 Å². The fraction of sp³-hybridized carbons (Fsp3) is 0.450. The van der Waals surface area contributed by atoms with Crippen molar-refractivity contribution in [2.24, 2.45) is 17.3 Å². The molecular weight excluding hydrogens is 807 g/mol. The average Bonchev–Trinajstić information content (AvgIpc) is 2.98. The molecule has 1 aliphatic heterocycles. The molecule has 0 saturated carbocycles. The van der Waals surface area contributed by atoms with Gasteiger partial charge < -0.3 is 5.11 Å². The maximum atomic E-state index is 11.7. The number of fused-ring (bicyclic) bond motifs is 3. The van der Waals surface area contributed by atoms with Gasteiger partial charge in [0.15, 0.2) is 5.78 Å². The van der Waals surface area contributed by atoms with Crippen molar-refractivity contribution < 1.29 is 34.7 Å². The maximum absolute atomic E-state index is 11.7. The molecule has 2 heterocycles. The predicted octanol–water partition coefficient (Wildman–Crippen LogP) is 11.0. The van der Waals surface area contributed by atoms with Crippen LogP contribution in [-0.4, -0.2) is 29.1 Å². The van der Waals surface area contributed by atoms with E-state index in [9.17, 15) is 9.90 Å². The molecule has 0 spiro atoms. The maximum Gasteiger partial charge on any atom is 0.162 e. The van der Waals surface area contributed by atoms with Crippen molar-refractivity contribution in [1.29, 1.82) is 0 Å². The average molecular weight is 860 g/mol. The molecule has 1 aromatic heterocycles. The molecule has 0 atom stereocenters. The molecule has 4 aromatic rings. The number of hydrogen-bond donors (Lipinski definition) is 1. The van der Waals surface area contributed by atoms with Crippen molar-refractivity contribution in [2.75, 3.05) is 0 Å². The number of aliphatic hydroxyl groups is 1. The number of rotatable bonds is 9. The summed E-state index contributed by atoms with van der Waals surface area (Å²) in [4.78, 5) is 16.6. The monoisotopic (exact) mass is 861 g/mol. The third-order valence-corrected chi connectivity index (χ3v) is 13.3. The van der Waals surface area contributed by atoms with E-state index in [2.05, 4.69) is 86.6 Å². The van der Waals surface area contributed by atoms with Gasteiger partial charge in [-0.1, -0.05) is 27.7 Å². The van der Waals surface area contributed by atoms with Crippen LogP contribution in [0.3, 0.4) is 0 Å². The van der Waals surface area contributed by atoms with E-state index in [1.54, 1.807) is 0 Å².